The molecule has 0 aromatic rings. The number of rotatable bonds is 4. The summed E-state index contributed by atoms with van der Waals surface area (Å²) in [5.74, 6) is -1.51. The molecule has 0 unspecified atom stereocenters. The van der Waals surface area contributed by atoms with Crippen molar-refractivity contribution in [2.45, 2.75) is 52.2 Å². The molecular weight excluding hydrogens is 320 g/mol. The lowest BCUT2D eigenvalue weighted by molar-refractivity contribution is -0.152. The Kier molecular flexibility index (Phi) is 6.99. The Morgan fingerprint density at radius 1 is 1.17 bits per heavy atom. The van der Waals surface area contributed by atoms with E-state index in [9.17, 15) is 19.2 Å². The average molecular weight is 344 g/mol. The zero-order chi connectivity index (χ0) is 18.3. The Balaban J connectivity index is 2.50. The predicted molar refractivity (Wildman–Crippen MR) is 82.1 cm³/mol. The second kappa shape index (κ2) is 8.51. The van der Waals surface area contributed by atoms with Crippen LogP contribution in [-0.4, -0.2) is 60.4 Å². The smallest absolute Gasteiger partial charge is 0.413 e. The molecule has 1 saturated heterocycles. The third-order valence-corrected chi connectivity index (χ3v) is 3.02. The number of alkyl carbamates (subject to hydrolysis) is 1. The number of ether oxygens (including phenoxy) is 3. The molecule has 0 spiro atoms. The van der Waals surface area contributed by atoms with Crippen LogP contribution in [0.3, 0.4) is 0 Å². The van der Waals surface area contributed by atoms with Crippen LogP contribution in [0.2, 0.25) is 0 Å². The molecule has 1 fully saturated rings. The van der Waals surface area contributed by atoms with Crippen molar-refractivity contribution in [3.05, 3.63) is 0 Å². The third kappa shape index (κ3) is 6.43. The molecule has 24 heavy (non-hydrogen) atoms. The summed E-state index contributed by atoms with van der Waals surface area (Å²) < 4.78 is 14.6. The minimum Gasteiger partial charge on any atom is -0.454 e. The van der Waals surface area contributed by atoms with E-state index >= 15 is 0 Å². The number of likely N-dealkylation sites (tertiary alicyclic amines) is 1. The average Bonchev–Trinajstić information content (AvgIpc) is 2.92. The molecule has 1 rings (SSSR count). The molecule has 1 aliphatic heterocycles. The molecule has 1 aliphatic rings. The summed E-state index contributed by atoms with van der Waals surface area (Å²) in [5.41, 5.74) is -0.673. The van der Waals surface area contributed by atoms with Gasteiger partial charge in [0.1, 0.15) is 11.6 Å². The minimum atomic E-state index is -0.908. The summed E-state index contributed by atoms with van der Waals surface area (Å²) in [6.07, 6.45) is -0.446. The van der Waals surface area contributed by atoms with E-state index < -0.39 is 42.3 Å². The molecule has 1 N–H and O–H groups in total. The number of amides is 3. The van der Waals surface area contributed by atoms with Gasteiger partial charge in [0.25, 0.3) is 5.91 Å². The third-order valence-electron chi connectivity index (χ3n) is 3.02. The van der Waals surface area contributed by atoms with E-state index in [4.69, 9.17) is 9.47 Å². The quantitative estimate of drug-likeness (QED) is 0.602. The van der Waals surface area contributed by atoms with Gasteiger partial charge in [0, 0.05) is 6.54 Å². The molecule has 9 heteroatoms. The van der Waals surface area contributed by atoms with E-state index in [1.54, 1.807) is 27.7 Å². The Morgan fingerprint density at radius 2 is 1.83 bits per heavy atom. The van der Waals surface area contributed by atoms with Crippen molar-refractivity contribution < 1.29 is 33.4 Å². The number of hydrogen-bond donors (Lipinski definition) is 1. The van der Waals surface area contributed by atoms with Crippen LogP contribution in [0, 0.1) is 0 Å². The Hall–Kier alpha value is -2.32. The Bertz CT molecular complexity index is 499. The number of imide groups is 1. The number of carbonyl (C=O) groups excluding carboxylic acids is 4. The molecule has 1 heterocycles. The summed E-state index contributed by atoms with van der Waals surface area (Å²) in [5, 5.41) is 1.91. The van der Waals surface area contributed by atoms with Gasteiger partial charge < -0.3 is 14.2 Å². The molecular formula is C15H24N2O7. The molecule has 0 aromatic carbocycles. The van der Waals surface area contributed by atoms with Crippen molar-refractivity contribution in [2.24, 2.45) is 0 Å². The van der Waals surface area contributed by atoms with Crippen molar-refractivity contribution >= 4 is 24.1 Å². The van der Waals surface area contributed by atoms with E-state index in [-0.39, 0.29) is 6.61 Å². The molecule has 136 valence electrons. The van der Waals surface area contributed by atoms with Gasteiger partial charge in [0.05, 0.1) is 6.61 Å². The highest BCUT2D eigenvalue weighted by atomic mass is 16.6. The molecule has 3 amide bonds. The van der Waals surface area contributed by atoms with Crippen molar-refractivity contribution in [2.75, 3.05) is 19.8 Å². The number of esters is 1. The molecule has 0 bridgehead atoms. The van der Waals surface area contributed by atoms with Crippen LogP contribution < -0.4 is 5.32 Å². The van der Waals surface area contributed by atoms with Gasteiger partial charge in [-0.2, -0.15) is 0 Å². The first kappa shape index (κ1) is 19.7. The lowest BCUT2D eigenvalue weighted by atomic mass is 10.2. The lowest BCUT2D eigenvalue weighted by Gasteiger charge is -2.27. The highest BCUT2D eigenvalue weighted by molar-refractivity contribution is 5.93. The topological polar surface area (TPSA) is 111 Å². The number of nitrogens with one attached hydrogen (secondary N) is 1. The van der Waals surface area contributed by atoms with Crippen molar-refractivity contribution in [3.63, 3.8) is 0 Å². The monoisotopic (exact) mass is 344 g/mol. The van der Waals surface area contributed by atoms with Crippen molar-refractivity contribution in [3.8, 4) is 0 Å². The lowest BCUT2D eigenvalue weighted by Crippen LogP contribution is -2.45. The maximum Gasteiger partial charge on any atom is 0.413 e. The van der Waals surface area contributed by atoms with Crippen molar-refractivity contribution in [1.82, 2.24) is 10.2 Å². The van der Waals surface area contributed by atoms with Gasteiger partial charge in [0.2, 0.25) is 0 Å². The van der Waals surface area contributed by atoms with Gasteiger partial charge in [-0.25, -0.2) is 14.4 Å². The van der Waals surface area contributed by atoms with E-state index in [0.29, 0.717) is 19.4 Å². The summed E-state index contributed by atoms with van der Waals surface area (Å²) in [4.78, 5) is 48.0. The Labute approximate surface area is 140 Å². The van der Waals surface area contributed by atoms with Gasteiger partial charge in [0.15, 0.2) is 6.61 Å². The second-order valence-corrected chi connectivity index (χ2v) is 6.21. The van der Waals surface area contributed by atoms with Crippen LogP contribution in [-0.2, 0) is 23.8 Å². The second-order valence-electron chi connectivity index (χ2n) is 6.21. The molecule has 0 saturated carbocycles. The number of hydrogen-bond acceptors (Lipinski definition) is 7. The first-order chi connectivity index (χ1) is 11.1. The molecule has 9 nitrogen and oxygen atoms in total. The first-order valence-corrected chi connectivity index (χ1v) is 7.77. The van der Waals surface area contributed by atoms with Gasteiger partial charge >= 0.3 is 18.2 Å². The number of carbonyl (C=O) groups is 4. The van der Waals surface area contributed by atoms with E-state index in [1.165, 1.54) is 4.90 Å². The van der Waals surface area contributed by atoms with E-state index in [2.05, 4.69) is 4.74 Å². The molecule has 1 atom stereocenters. The fourth-order valence-electron chi connectivity index (χ4n) is 2.10. The molecule has 0 aliphatic carbocycles. The standard InChI is InChI=1S/C15H24N2O7/c1-5-22-13(20)16-11(18)9-23-12(19)10-7-6-8-17(10)14(21)24-15(2,3)4/h10H,5-9H2,1-4H3,(H,16,18,20)/t10-/m0/s1. The fourth-order valence-corrected chi connectivity index (χ4v) is 2.10. The normalized spacial score (nSPS) is 17.2. The summed E-state index contributed by atoms with van der Waals surface area (Å²) in [6.45, 7) is 6.65. The van der Waals surface area contributed by atoms with Gasteiger partial charge in [-0.3, -0.25) is 15.0 Å². The summed E-state index contributed by atoms with van der Waals surface area (Å²) >= 11 is 0. The summed E-state index contributed by atoms with van der Waals surface area (Å²) in [7, 11) is 0. The fraction of sp³-hybridized carbons (Fsp3) is 0.733. The van der Waals surface area contributed by atoms with Crippen LogP contribution in [0.5, 0.6) is 0 Å². The van der Waals surface area contributed by atoms with E-state index in [1.807, 2.05) is 5.32 Å². The Morgan fingerprint density at radius 3 is 2.42 bits per heavy atom. The highest BCUT2D eigenvalue weighted by Gasteiger charge is 2.37. The maximum absolute atomic E-state index is 12.1. The molecule has 0 aromatic heterocycles. The van der Waals surface area contributed by atoms with Crippen molar-refractivity contribution in [1.29, 1.82) is 0 Å². The maximum atomic E-state index is 12.1. The highest BCUT2D eigenvalue weighted by Crippen LogP contribution is 2.21. The van der Waals surface area contributed by atoms with Gasteiger partial charge in [-0.15, -0.1) is 0 Å². The van der Waals surface area contributed by atoms with Gasteiger partial charge in [-0.1, -0.05) is 0 Å². The van der Waals surface area contributed by atoms with Crippen LogP contribution in [0.25, 0.3) is 0 Å². The minimum absolute atomic E-state index is 0.117. The SMILES string of the molecule is CCOC(=O)NC(=O)COC(=O)[C@@H]1CCCN1C(=O)OC(C)(C)C. The molecule has 0 radical (unpaired) electrons. The zero-order valence-corrected chi connectivity index (χ0v) is 14.4. The summed E-state index contributed by atoms with van der Waals surface area (Å²) in [6, 6.07) is -0.796. The van der Waals surface area contributed by atoms with Crippen LogP contribution in [0.1, 0.15) is 40.5 Å². The van der Waals surface area contributed by atoms with Crippen LogP contribution >= 0.6 is 0 Å². The largest absolute Gasteiger partial charge is 0.454 e. The zero-order valence-electron chi connectivity index (χ0n) is 14.4. The number of nitrogens with zero attached hydrogens (tertiary/aromatic N) is 1. The predicted octanol–water partition coefficient (Wildman–Crippen LogP) is 1.20. The van der Waals surface area contributed by atoms with Crippen LogP contribution in [0.4, 0.5) is 9.59 Å². The van der Waals surface area contributed by atoms with Crippen LogP contribution in [0.15, 0.2) is 0 Å². The van der Waals surface area contributed by atoms with Gasteiger partial charge in [-0.05, 0) is 40.5 Å². The van der Waals surface area contributed by atoms with E-state index in [0.717, 1.165) is 0 Å². The first-order valence-electron chi connectivity index (χ1n) is 7.77.